The molecule has 1 unspecified atom stereocenters. The quantitative estimate of drug-likeness (QED) is 0.767. The van der Waals surface area contributed by atoms with Crippen molar-refractivity contribution in [3.63, 3.8) is 0 Å². The van der Waals surface area contributed by atoms with Gasteiger partial charge in [-0.05, 0) is 26.2 Å². The molecule has 0 amide bonds. The van der Waals surface area contributed by atoms with Crippen molar-refractivity contribution < 1.29 is 4.74 Å². The van der Waals surface area contributed by atoms with E-state index in [4.69, 9.17) is 4.74 Å². The minimum Gasteiger partial charge on any atom is -0.383 e. The molecular formula is C15H26N4O. The van der Waals surface area contributed by atoms with Crippen LogP contribution < -0.4 is 10.2 Å². The van der Waals surface area contributed by atoms with Crippen LogP contribution >= 0.6 is 0 Å². The van der Waals surface area contributed by atoms with Crippen molar-refractivity contribution >= 4 is 5.82 Å². The molecule has 1 aromatic rings. The number of anilines is 1. The fraction of sp³-hybridized carbons (Fsp3) is 0.733. The molecule has 0 bridgehead atoms. The molecule has 1 aromatic heterocycles. The molecule has 0 aliphatic carbocycles. The summed E-state index contributed by atoms with van der Waals surface area (Å²) in [4.78, 5) is 11.5. The first-order chi connectivity index (χ1) is 9.74. The number of hydrogen-bond acceptors (Lipinski definition) is 5. The molecule has 0 aromatic carbocycles. The van der Waals surface area contributed by atoms with Gasteiger partial charge in [0.1, 0.15) is 11.6 Å². The summed E-state index contributed by atoms with van der Waals surface area (Å²) in [5, 5.41) is 3.46. The molecular weight excluding hydrogens is 252 g/mol. The summed E-state index contributed by atoms with van der Waals surface area (Å²) in [7, 11) is 1.74. The van der Waals surface area contributed by atoms with Gasteiger partial charge >= 0.3 is 0 Å². The lowest BCUT2D eigenvalue weighted by Crippen LogP contribution is -2.39. The predicted octanol–water partition coefficient (Wildman–Crippen LogP) is 1.55. The maximum Gasteiger partial charge on any atom is 0.132 e. The van der Waals surface area contributed by atoms with E-state index in [2.05, 4.69) is 33.2 Å². The highest BCUT2D eigenvalue weighted by molar-refractivity contribution is 5.42. The van der Waals surface area contributed by atoms with Crippen molar-refractivity contribution in [2.75, 3.05) is 38.3 Å². The van der Waals surface area contributed by atoms with Gasteiger partial charge < -0.3 is 15.0 Å². The SMILES string of the molecule is CCc1cc(N2CCCC2CNCCOC)nc(C)n1. The van der Waals surface area contributed by atoms with Crippen LogP contribution in [0.4, 0.5) is 5.82 Å². The highest BCUT2D eigenvalue weighted by Gasteiger charge is 2.25. The molecule has 0 radical (unpaired) electrons. The van der Waals surface area contributed by atoms with E-state index < -0.39 is 0 Å². The summed E-state index contributed by atoms with van der Waals surface area (Å²) >= 11 is 0. The summed E-state index contributed by atoms with van der Waals surface area (Å²) in [5.74, 6) is 1.96. The zero-order valence-electron chi connectivity index (χ0n) is 12.9. The summed E-state index contributed by atoms with van der Waals surface area (Å²) in [6, 6.07) is 2.67. The fourth-order valence-corrected chi connectivity index (χ4v) is 2.73. The molecule has 1 fully saturated rings. The summed E-state index contributed by atoms with van der Waals surface area (Å²) < 4.78 is 5.07. The monoisotopic (exact) mass is 278 g/mol. The largest absolute Gasteiger partial charge is 0.383 e. The number of methoxy groups -OCH3 is 1. The first-order valence-electron chi connectivity index (χ1n) is 7.55. The van der Waals surface area contributed by atoms with Crippen LogP contribution in [0, 0.1) is 6.92 Å². The van der Waals surface area contributed by atoms with Gasteiger partial charge in [-0.3, -0.25) is 0 Å². The Bertz CT molecular complexity index is 424. The van der Waals surface area contributed by atoms with Crippen LogP contribution in [-0.2, 0) is 11.2 Å². The molecule has 1 aliphatic heterocycles. The Morgan fingerprint density at radius 2 is 2.30 bits per heavy atom. The van der Waals surface area contributed by atoms with Gasteiger partial charge in [0.2, 0.25) is 0 Å². The van der Waals surface area contributed by atoms with Gasteiger partial charge in [-0.15, -0.1) is 0 Å². The zero-order chi connectivity index (χ0) is 14.4. The third-order valence-electron chi connectivity index (χ3n) is 3.77. The van der Waals surface area contributed by atoms with Gasteiger partial charge in [0.05, 0.1) is 6.61 Å². The van der Waals surface area contributed by atoms with Crippen molar-refractivity contribution in [3.05, 3.63) is 17.6 Å². The Hall–Kier alpha value is -1.20. The Labute approximate surface area is 121 Å². The van der Waals surface area contributed by atoms with Gasteiger partial charge in [-0.25, -0.2) is 9.97 Å². The highest BCUT2D eigenvalue weighted by Crippen LogP contribution is 2.24. The summed E-state index contributed by atoms with van der Waals surface area (Å²) in [6.45, 7) is 7.87. The second kappa shape index (κ2) is 7.55. The van der Waals surface area contributed by atoms with Crippen LogP contribution in [0.15, 0.2) is 6.07 Å². The number of hydrogen-bond donors (Lipinski definition) is 1. The lowest BCUT2D eigenvalue weighted by molar-refractivity contribution is 0.199. The van der Waals surface area contributed by atoms with Crippen LogP contribution in [0.25, 0.3) is 0 Å². The van der Waals surface area contributed by atoms with Crippen molar-refractivity contribution in [3.8, 4) is 0 Å². The summed E-state index contributed by atoms with van der Waals surface area (Å²) in [6.07, 6.45) is 3.42. The van der Waals surface area contributed by atoms with Crippen molar-refractivity contribution in [1.29, 1.82) is 0 Å². The molecule has 112 valence electrons. The number of aromatic nitrogens is 2. The molecule has 5 nitrogen and oxygen atoms in total. The standard InChI is InChI=1S/C15H26N4O/c1-4-13-10-15(18-12(2)17-13)19-8-5-6-14(19)11-16-7-9-20-3/h10,14,16H,4-9,11H2,1-3H3. The van der Waals surface area contributed by atoms with Gasteiger partial charge in [0, 0.05) is 44.5 Å². The average molecular weight is 278 g/mol. The van der Waals surface area contributed by atoms with Gasteiger partial charge in [0.25, 0.3) is 0 Å². The second-order valence-electron chi connectivity index (χ2n) is 5.30. The zero-order valence-corrected chi connectivity index (χ0v) is 12.9. The van der Waals surface area contributed by atoms with Crippen LogP contribution in [-0.4, -0.2) is 49.4 Å². The first kappa shape index (κ1) is 15.2. The lowest BCUT2D eigenvalue weighted by atomic mass is 10.2. The molecule has 1 aliphatic rings. The Kier molecular flexibility index (Phi) is 5.73. The van der Waals surface area contributed by atoms with E-state index in [1.54, 1.807) is 7.11 Å². The van der Waals surface area contributed by atoms with E-state index >= 15 is 0 Å². The highest BCUT2D eigenvalue weighted by atomic mass is 16.5. The normalized spacial score (nSPS) is 18.8. The van der Waals surface area contributed by atoms with Crippen LogP contribution in [0.2, 0.25) is 0 Å². The van der Waals surface area contributed by atoms with E-state index in [0.717, 1.165) is 50.0 Å². The molecule has 1 atom stereocenters. The number of nitrogens with zero attached hydrogens (tertiary/aromatic N) is 3. The third kappa shape index (κ3) is 3.90. The maximum absolute atomic E-state index is 5.07. The van der Waals surface area contributed by atoms with Crippen LogP contribution in [0.5, 0.6) is 0 Å². The van der Waals surface area contributed by atoms with Gasteiger partial charge in [-0.1, -0.05) is 6.92 Å². The Morgan fingerprint density at radius 1 is 1.45 bits per heavy atom. The number of aryl methyl sites for hydroxylation is 2. The minimum atomic E-state index is 0.533. The van der Waals surface area contributed by atoms with Crippen LogP contribution in [0.1, 0.15) is 31.3 Å². The first-order valence-corrected chi connectivity index (χ1v) is 7.55. The third-order valence-corrected chi connectivity index (χ3v) is 3.77. The molecule has 5 heteroatoms. The maximum atomic E-state index is 5.07. The topological polar surface area (TPSA) is 50.3 Å². The molecule has 0 saturated carbocycles. The number of rotatable bonds is 7. The van der Waals surface area contributed by atoms with Crippen LogP contribution in [0.3, 0.4) is 0 Å². The predicted molar refractivity (Wildman–Crippen MR) is 81.3 cm³/mol. The van der Waals surface area contributed by atoms with E-state index in [0.29, 0.717) is 6.04 Å². The summed E-state index contributed by atoms with van der Waals surface area (Å²) in [5.41, 5.74) is 1.13. The van der Waals surface area contributed by atoms with E-state index in [-0.39, 0.29) is 0 Å². The fourth-order valence-electron chi connectivity index (χ4n) is 2.73. The molecule has 1 saturated heterocycles. The van der Waals surface area contributed by atoms with Gasteiger partial charge in [-0.2, -0.15) is 0 Å². The van der Waals surface area contributed by atoms with Crippen molar-refractivity contribution in [1.82, 2.24) is 15.3 Å². The molecule has 1 N–H and O–H groups in total. The van der Waals surface area contributed by atoms with E-state index in [1.165, 1.54) is 12.8 Å². The number of nitrogens with one attached hydrogen (secondary N) is 1. The van der Waals surface area contributed by atoms with Gasteiger partial charge in [0.15, 0.2) is 0 Å². The van der Waals surface area contributed by atoms with E-state index in [1.807, 2.05) is 6.92 Å². The molecule has 0 spiro atoms. The second-order valence-corrected chi connectivity index (χ2v) is 5.30. The molecule has 2 rings (SSSR count). The number of ether oxygens (including phenoxy) is 1. The Balaban J connectivity index is 2.00. The van der Waals surface area contributed by atoms with E-state index in [9.17, 15) is 0 Å². The lowest BCUT2D eigenvalue weighted by Gasteiger charge is -2.26. The average Bonchev–Trinajstić information content (AvgIpc) is 2.91. The molecule has 2 heterocycles. The molecule has 20 heavy (non-hydrogen) atoms. The Morgan fingerprint density at radius 3 is 3.05 bits per heavy atom. The minimum absolute atomic E-state index is 0.533. The smallest absolute Gasteiger partial charge is 0.132 e. The van der Waals surface area contributed by atoms with Crippen molar-refractivity contribution in [2.24, 2.45) is 0 Å². The van der Waals surface area contributed by atoms with Crippen molar-refractivity contribution in [2.45, 2.75) is 39.2 Å².